The predicted octanol–water partition coefficient (Wildman–Crippen LogP) is 1.16. The smallest absolute Gasteiger partial charge is 0.326 e. The lowest BCUT2D eigenvalue weighted by Gasteiger charge is -2.14. The van der Waals surface area contributed by atoms with Crippen LogP contribution in [0, 0.1) is 0 Å². The van der Waals surface area contributed by atoms with Crippen LogP contribution in [0.2, 0.25) is 0 Å². The Bertz CT molecular complexity index is 516. The first-order chi connectivity index (χ1) is 9.43. The van der Waals surface area contributed by atoms with Crippen LogP contribution in [0.1, 0.15) is 30.1 Å². The first kappa shape index (κ1) is 15.5. The van der Waals surface area contributed by atoms with Gasteiger partial charge in [-0.2, -0.15) is 0 Å². The van der Waals surface area contributed by atoms with Crippen LogP contribution in [0.25, 0.3) is 0 Å². The van der Waals surface area contributed by atoms with Crippen LogP contribution in [-0.4, -0.2) is 29.1 Å². The van der Waals surface area contributed by atoms with Crippen molar-refractivity contribution in [2.24, 2.45) is 5.73 Å². The Labute approximate surface area is 116 Å². The molecule has 1 rings (SSSR count). The van der Waals surface area contributed by atoms with Gasteiger partial charge < -0.3 is 21.5 Å². The number of hydrogen-bond donors (Lipinski definition) is 4. The van der Waals surface area contributed by atoms with E-state index in [4.69, 9.17) is 10.8 Å². The third-order valence-corrected chi connectivity index (χ3v) is 2.57. The molecular formula is C13H17N3O4. The summed E-state index contributed by atoms with van der Waals surface area (Å²) in [6, 6.07) is 4.41. The lowest BCUT2D eigenvalue weighted by atomic mass is 10.1. The molecule has 0 radical (unpaired) electrons. The zero-order chi connectivity index (χ0) is 15.1. The molecule has 0 saturated heterocycles. The number of carboxylic acids is 1. The molecule has 0 heterocycles. The minimum absolute atomic E-state index is 0.249. The van der Waals surface area contributed by atoms with E-state index in [9.17, 15) is 14.4 Å². The molecular weight excluding hydrogens is 262 g/mol. The number of carbonyl (C=O) groups is 3. The number of carboxylic acid groups (broad SMARTS) is 1. The summed E-state index contributed by atoms with van der Waals surface area (Å²) in [6.07, 6.45) is 0.987. The molecule has 0 saturated carbocycles. The number of anilines is 1. The number of primary amides is 1. The number of rotatable bonds is 6. The highest BCUT2D eigenvalue weighted by atomic mass is 16.4. The maximum absolute atomic E-state index is 12.0. The molecule has 0 aromatic heterocycles. The van der Waals surface area contributed by atoms with Crippen LogP contribution in [0.4, 0.5) is 10.5 Å². The third kappa shape index (κ3) is 4.60. The molecule has 108 valence electrons. The lowest BCUT2D eigenvalue weighted by Crippen LogP contribution is -2.40. The van der Waals surface area contributed by atoms with Crippen molar-refractivity contribution in [3.05, 3.63) is 29.8 Å². The normalized spacial score (nSPS) is 11.4. The van der Waals surface area contributed by atoms with E-state index in [2.05, 4.69) is 10.6 Å². The zero-order valence-corrected chi connectivity index (χ0v) is 11.1. The summed E-state index contributed by atoms with van der Waals surface area (Å²) in [4.78, 5) is 33.7. The highest BCUT2D eigenvalue weighted by Gasteiger charge is 2.19. The second-order valence-corrected chi connectivity index (χ2v) is 4.22. The van der Waals surface area contributed by atoms with Gasteiger partial charge >= 0.3 is 12.0 Å². The molecule has 7 heteroatoms. The van der Waals surface area contributed by atoms with Gasteiger partial charge in [-0.15, -0.1) is 0 Å². The molecule has 0 aliphatic carbocycles. The van der Waals surface area contributed by atoms with Gasteiger partial charge in [0.15, 0.2) is 0 Å². The molecule has 0 spiro atoms. The fourth-order valence-corrected chi connectivity index (χ4v) is 1.67. The molecule has 1 aromatic carbocycles. The molecule has 0 fully saturated rings. The molecule has 0 aliphatic rings. The molecule has 7 nitrogen and oxygen atoms in total. The molecule has 1 atom stereocenters. The summed E-state index contributed by atoms with van der Waals surface area (Å²) in [5.41, 5.74) is 5.60. The average molecular weight is 279 g/mol. The van der Waals surface area contributed by atoms with Crippen molar-refractivity contribution in [1.29, 1.82) is 0 Å². The highest BCUT2D eigenvalue weighted by Crippen LogP contribution is 2.11. The number of urea groups is 1. The zero-order valence-electron chi connectivity index (χ0n) is 11.1. The third-order valence-electron chi connectivity index (χ3n) is 2.57. The van der Waals surface area contributed by atoms with Crippen molar-refractivity contribution in [3.63, 3.8) is 0 Å². The second kappa shape index (κ2) is 7.13. The number of aliphatic carboxylic acids is 1. The minimum Gasteiger partial charge on any atom is -0.480 e. The topological polar surface area (TPSA) is 122 Å². The summed E-state index contributed by atoms with van der Waals surface area (Å²) < 4.78 is 0. The maximum atomic E-state index is 12.0. The first-order valence-corrected chi connectivity index (χ1v) is 6.14. The molecule has 0 aliphatic heterocycles. The molecule has 20 heavy (non-hydrogen) atoms. The molecule has 1 unspecified atom stereocenters. The van der Waals surface area contributed by atoms with Gasteiger partial charge in [-0.1, -0.05) is 19.4 Å². The number of hydrogen-bond acceptors (Lipinski definition) is 3. The van der Waals surface area contributed by atoms with Crippen molar-refractivity contribution >= 4 is 23.6 Å². The Morgan fingerprint density at radius 1 is 1.35 bits per heavy atom. The van der Waals surface area contributed by atoms with E-state index in [1.54, 1.807) is 12.1 Å². The number of amides is 3. The van der Waals surface area contributed by atoms with E-state index in [1.807, 2.05) is 6.92 Å². The van der Waals surface area contributed by atoms with E-state index in [1.165, 1.54) is 12.1 Å². The van der Waals surface area contributed by atoms with Gasteiger partial charge in [0.25, 0.3) is 5.91 Å². The van der Waals surface area contributed by atoms with Crippen LogP contribution in [0.3, 0.4) is 0 Å². The number of benzene rings is 1. The standard InChI is InChI=1S/C13H17N3O4/c1-2-4-10(12(18)19)16-11(17)8-5-3-6-9(7-8)15-13(14)20/h3,5-7,10H,2,4H2,1H3,(H,16,17)(H,18,19)(H3,14,15,20). The Morgan fingerprint density at radius 2 is 2.05 bits per heavy atom. The summed E-state index contributed by atoms with van der Waals surface area (Å²) >= 11 is 0. The van der Waals surface area contributed by atoms with Crippen LogP contribution >= 0.6 is 0 Å². The number of carbonyl (C=O) groups excluding carboxylic acids is 2. The van der Waals surface area contributed by atoms with Crippen molar-refractivity contribution in [2.45, 2.75) is 25.8 Å². The summed E-state index contributed by atoms with van der Waals surface area (Å²) in [5, 5.41) is 13.8. The van der Waals surface area contributed by atoms with Crippen molar-refractivity contribution in [1.82, 2.24) is 5.32 Å². The molecule has 1 aromatic rings. The van der Waals surface area contributed by atoms with Crippen LogP contribution in [-0.2, 0) is 4.79 Å². The quantitative estimate of drug-likeness (QED) is 0.624. The predicted molar refractivity (Wildman–Crippen MR) is 73.4 cm³/mol. The van der Waals surface area contributed by atoms with Crippen molar-refractivity contribution in [3.8, 4) is 0 Å². The Morgan fingerprint density at radius 3 is 2.60 bits per heavy atom. The Kier molecular flexibility index (Phi) is 5.52. The largest absolute Gasteiger partial charge is 0.480 e. The molecule has 5 N–H and O–H groups in total. The first-order valence-electron chi connectivity index (χ1n) is 6.14. The van der Waals surface area contributed by atoms with E-state index in [0.29, 0.717) is 18.5 Å². The SMILES string of the molecule is CCCC(NC(=O)c1cccc(NC(N)=O)c1)C(=O)O. The monoisotopic (exact) mass is 279 g/mol. The highest BCUT2D eigenvalue weighted by molar-refractivity contribution is 5.98. The van der Waals surface area contributed by atoms with Gasteiger partial charge in [-0.05, 0) is 24.6 Å². The van der Waals surface area contributed by atoms with E-state index in [-0.39, 0.29) is 5.56 Å². The Balaban J connectivity index is 2.80. The van der Waals surface area contributed by atoms with Gasteiger partial charge in [0, 0.05) is 11.3 Å². The number of nitrogens with one attached hydrogen (secondary N) is 2. The Hall–Kier alpha value is -2.57. The number of nitrogens with two attached hydrogens (primary N) is 1. The lowest BCUT2D eigenvalue weighted by molar-refractivity contribution is -0.139. The van der Waals surface area contributed by atoms with E-state index in [0.717, 1.165) is 0 Å². The van der Waals surface area contributed by atoms with E-state index < -0.39 is 23.9 Å². The van der Waals surface area contributed by atoms with Gasteiger partial charge in [-0.25, -0.2) is 9.59 Å². The second-order valence-electron chi connectivity index (χ2n) is 4.22. The van der Waals surface area contributed by atoms with Crippen molar-refractivity contribution < 1.29 is 19.5 Å². The van der Waals surface area contributed by atoms with Gasteiger partial charge in [0.05, 0.1) is 0 Å². The average Bonchev–Trinajstić information content (AvgIpc) is 2.37. The van der Waals surface area contributed by atoms with Crippen LogP contribution in [0.15, 0.2) is 24.3 Å². The fourth-order valence-electron chi connectivity index (χ4n) is 1.67. The van der Waals surface area contributed by atoms with Crippen molar-refractivity contribution in [2.75, 3.05) is 5.32 Å². The summed E-state index contributed by atoms with van der Waals surface area (Å²) in [7, 11) is 0. The summed E-state index contributed by atoms with van der Waals surface area (Å²) in [5.74, 6) is -1.59. The molecule has 0 bridgehead atoms. The van der Waals surface area contributed by atoms with E-state index >= 15 is 0 Å². The van der Waals surface area contributed by atoms with Gasteiger partial charge in [0.2, 0.25) is 0 Å². The minimum atomic E-state index is -1.08. The van der Waals surface area contributed by atoms with Gasteiger partial charge in [-0.3, -0.25) is 4.79 Å². The summed E-state index contributed by atoms with van der Waals surface area (Å²) in [6.45, 7) is 1.83. The van der Waals surface area contributed by atoms with Crippen LogP contribution < -0.4 is 16.4 Å². The fraction of sp³-hybridized carbons (Fsp3) is 0.308. The van der Waals surface area contributed by atoms with Gasteiger partial charge in [0.1, 0.15) is 6.04 Å². The maximum Gasteiger partial charge on any atom is 0.326 e. The molecule has 3 amide bonds. The van der Waals surface area contributed by atoms with Crippen LogP contribution in [0.5, 0.6) is 0 Å².